The zero-order valence-electron chi connectivity index (χ0n) is 22.0. The molecule has 4 rings (SSSR count). The van der Waals surface area contributed by atoms with Crippen molar-refractivity contribution in [1.82, 2.24) is 15.6 Å². The van der Waals surface area contributed by atoms with Crippen LogP contribution < -0.4 is 20.3 Å². The van der Waals surface area contributed by atoms with Crippen molar-refractivity contribution in [3.8, 4) is 0 Å². The van der Waals surface area contributed by atoms with E-state index in [0.717, 1.165) is 22.2 Å². The second-order valence-corrected chi connectivity index (χ2v) is 12.6. The molecule has 0 bridgehead atoms. The molecular weight excluding hydrogens is 582 g/mol. The van der Waals surface area contributed by atoms with Crippen LogP contribution in [0.25, 0.3) is 0 Å². The van der Waals surface area contributed by atoms with E-state index in [1.807, 2.05) is 49.5 Å². The number of amides is 1. The number of sulfonamides is 1. The Morgan fingerprint density at radius 2 is 1.95 bits per heavy atom. The zero-order valence-corrected chi connectivity index (χ0v) is 24.4. The van der Waals surface area contributed by atoms with Crippen LogP contribution in [-0.2, 0) is 23.0 Å². The summed E-state index contributed by atoms with van der Waals surface area (Å²) in [6.07, 6.45) is 2.81. The lowest BCUT2D eigenvalue weighted by Gasteiger charge is -2.29. The van der Waals surface area contributed by atoms with Gasteiger partial charge in [-0.05, 0) is 71.9 Å². The average Bonchev–Trinajstić information content (AvgIpc) is 3.33. The van der Waals surface area contributed by atoms with Gasteiger partial charge in [-0.3, -0.25) is 9.10 Å². The van der Waals surface area contributed by atoms with E-state index >= 15 is 0 Å². The monoisotopic (exact) mass is 617 g/mol. The third-order valence-electron chi connectivity index (χ3n) is 6.65. The maximum absolute atomic E-state index is 13.6. The molecular formula is C28H36BrN5O4S. The van der Waals surface area contributed by atoms with Crippen molar-refractivity contribution in [2.75, 3.05) is 35.0 Å². The number of carbonyl (C=O) groups excluding carboxylic acids is 1. The highest BCUT2D eigenvalue weighted by atomic mass is 79.9. The van der Waals surface area contributed by atoms with E-state index in [2.05, 4.69) is 36.9 Å². The predicted octanol–water partition coefficient (Wildman–Crippen LogP) is 3.63. The smallest absolute Gasteiger partial charge is 0.251 e. The third kappa shape index (κ3) is 8.07. The molecule has 1 aliphatic rings. The molecule has 0 saturated carbocycles. The maximum atomic E-state index is 13.6. The first-order valence-electron chi connectivity index (χ1n) is 13.2. The summed E-state index contributed by atoms with van der Waals surface area (Å²) < 4.78 is 27.9. The molecule has 210 valence electrons. The number of hydrogen-bond acceptors (Lipinski definition) is 6. The maximum Gasteiger partial charge on any atom is 0.251 e. The van der Waals surface area contributed by atoms with Crippen LogP contribution in [0.2, 0.25) is 0 Å². The quantitative estimate of drug-likeness (QED) is 0.211. The van der Waals surface area contributed by atoms with Crippen LogP contribution in [-0.4, -0.2) is 61.9 Å². The summed E-state index contributed by atoms with van der Waals surface area (Å²) >= 11 is 3.42. The Kier molecular flexibility index (Phi) is 10.1. The van der Waals surface area contributed by atoms with E-state index in [0.29, 0.717) is 49.4 Å². The van der Waals surface area contributed by atoms with E-state index in [9.17, 15) is 18.3 Å². The van der Waals surface area contributed by atoms with Gasteiger partial charge in [-0.2, -0.15) is 0 Å². The van der Waals surface area contributed by atoms with E-state index < -0.39 is 22.2 Å². The normalized spacial score (nSPS) is 16.4. The first kappa shape index (κ1) is 29.1. The molecule has 0 unspecified atom stereocenters. The van der Waals surface area contributed by atoms with Crippen LogP contribution in [0.5, 0.6) is 0 Å². The van der Waals surface area contributed by atoms with Crippen LogP contribution in [0.3, 0.4) is 0 Å². The average molecular weight is 619 g/mol. The van der Waals surface area contributed by atoms with Crippen LogP contribution in [0.1, 0.15) is 41.4 Å². The summed E-state index contributed by atoms with van der Waals surface area (Å²) in [5.74, 6) is -0.281. The van der Waals surface area contributed by atoms with Crippen molar-refractivity contribution in [2.24, 2.45) is 0 Å². The van der Waals surface area contributed by atoms with Crippen molar-refractivity contribution >= 4 is 43.2 Å². The number of carbonyl (C=O) groups is 1. The number of aromatic amines is 1. The lowest BCUT2D eigenvalue weighted by molar-refractivity contribution is 0.0830. The number of hydrogen-bond donors (Lipinski definition) is 5. The minimum absolute atomic E-state index is 0.0950. The first-order valence-corrected chi connectivity index (χ1v) is 15.6. The molecule has 0 spiro atoms. The largest absolute Gasteiger partial charge is 0.390 e. The fourth-order valence-electron chi connectivity index (χ4n) is 4.68. The Labute approximate surface area is 238 Å². The Hall–Kier alpha value is -2.86. The van der Waals surface area contributed by atoms with Gasteiger partial charge in [0.05, 0.1) is 23.6 Å². The summed E-state index contributed by atoms with van der Waals surface area (Å²) in [6.45, 7) is 3.75. The number of H-pyrrole nitrogens is 1. The molecule has 39 heavy (non-hydrogen) atoms. The molecule has 1 saturated heterocycles. The molecule has 1 fully saturated rings. The summed E-state index contributed by atoms with van der Waals surface area (Å²) in [4.78, 5) is 16.7. The van der Waals surface area contributed by atoms with Crippen LogP contribution >= 0.6 is 15.9 Å². The van der Waals surface area contributed by atoms with Gasteiger partial charge in [0.1, 0.15) is 0 Å². The van der Waals surface area contributed by atoms with Gasteiger partial charge in [-0.15, -0.1) is 0 Å². The lowest BCUT2D eigenvalue weighted by Crippen LogP contribution is -2.48. The Bertz CT molecular complexity index is 1350. The molecule has 0 aliphatic carbocycles. The number of nitrogens with zero attached hydrogens (tertiary/aromatic N) is 1. The van der Waals surface area contributed by atoms with Crippen LogP contribution in [0.4, 0.5) is 11.4 Å². The first-order chi connectivity index (χ1) is 18.7. The van der Waals surface area contributed by atoms with E-state index in [4.69, 9.17) is 0 Å². The Morgan fingerprint density at radius 1 is 1.15 bits per heavy atom. The van der Waals surface area contributed by atoms with Crippen molar-refractivity contribution in [3.63, 3.8) is 0 Å². The van der Waals surface area contributed by atoms with Crippen molar-refractivity contribution in [3.05, 3.63) is 82.1 Å². The number of benzene rings is 2. The molecule has 1 aliphatic heterocycles. The molecule has 2 atom stereocenters. The van der Waals surface area contributed by atoms with Crippen molar-refractivity contribution in [2.45, 2.75) is 44.9 Å². The van der Waals surface area contributed by atoms with E-state index in [-0.39, 0.29) is 18.2 Å². The highest BCUT2D eigenvalue weighted by Gasteiger charge is 2.28. The summed E-state index contributed by atoms with van der Waals surface area (Å²) in [5.41, 5.74) is 3.42. The summed E-state index contributed by atoms with van der Waals surface area (Å²) in [5, 5.41) is 20.6. The molecule has 2 heterocycles. The van der Waals surface area contributed by atoms with Crippen LogP contribution in [0, 0.1) is 0 Å². The third-order valence-corrected chi connectivity index (χ3v) is 8.98. The van der Waals surface area contributed by atoms with Gasteiger partial charge in [0.25, 0.3) is 5.91 Å². The number of aromatic nitrogens is 1. The molecule has 2 aromatic carbocycles. The van der Waals surface area contributed by atoms with E-state index in [1.54, 1.807) is 18.2 Å². The minimum Gasteiger partial charge on any atom is -0.390 e. The van der Waals surface area contributed by atoms with Gasteiger partial charge in [0.15, 0.2) is 0 Å². The van der Waals surface area contributed by atoms with Crippen molar-refractivity contribution < 1.29 is 18.3 Å². The molecule has 11 heteroatoms. The van der Waals surface area contributed by atoms with E-state index in [1.165, 1.54) is 4.31 Å². The van der Waals surface area contributed by atoms with Gasteiger partial charge >= 0.3 is 0 Å². The van der Waals surface area contributed by atoms with Gasteiger partial charge in [0.2, 0.25) is 10.0 Å². The van der Waals surface area contributed by atoms with Crippen LogP contribution in [0.15, 0.2) is 65.3 Å². The van der Waals surface area contributed by atoms with Gasteiger partial charge in [-0.25, -0.2) is 8.42 Å². The summed E-state index contributed by atoms with van der Waals surface area (Å²) in [7, 11) is -3.44. The topological polar surface area (TPSA) is 127 Å². The second-order valence-electron chi connectivity index (χ2n) is 9.71. The number of nitrogens with one attached hydrogen (secondary N) is 4. The molecule has 9 nitrogen and oxygen atoms in total. The molecule has 3 aromatic rings. The molecule has 1 aromatic heterocycles. The molecule has 0 radical (unpaired) electrons. The standard InChI is InChI=1S/C28H36BrN5O4S/c1-2-31-23-13-21(14-25(16-23)34-10-6-7-11-39(34,37)38)28(36)33-26(12-20-8-4-3-5-9-20)27(35)19-30-18-24-15-22(29)17-32-24/h3-5,8-9,13-17,26-27,30-32,35H,2,6-7,10-12,18-19H2,1H3,(H,33,36)/t26-,27+/m0/s1. The second kappa shape index (κ2) is 13.5. The highest BCUT2D eigenvalue weighted by molar-refractivity contribution is 9.10. The number of aliphatic hydroxyl groups excluding tert-OH is 1. The van der Waals surface area contributed by atoms with Gasteiger partial charge in [-0.1, -0.05) is 30.3 Å². The molecule has 1 amide bonds. The predicted molar refractivity (Wildman–Crippen MR) is 159 cm³/mol. The van der Waals surface area contributed by atoms with Crippen molar-refractivity contribution in [1.29, 1.82) is 0 Å². The number of anilines is 2. The lowest BCUT2D eigenvalue weighted by atomic mass is 10.00. The Morgan fingerprint density at radius 3 is 2.64 bits per heavy atom. The number of rotatable bonds is 12. The zero-order chi connectivity index (χ0) is 27.8. The van der Waals surface area contributed by atoms with Gasteiger partial charge < -0.3 is 26.0 Å². The van der Waals surface area contributed by atoms with Gasteiger partial charge in [0, 0.05) is 53.8 Å². The number of aliphatic hydroxyl groups is 1. The fraction of sp³-hybridized carbons (Fsp3) is 0.393. The number of halogens is 1. The minimum atomic E-state index is -3.44. The highest BCUT2D eigenvalue weighted by Crippen LogP contribution is 2.28. The fourth-order valence-corrected chi connectivity index (χ4v) is 6.70. The SMILES string of the molecule is CCNc1cc(C(=O)N[C@@H](Cc2ccccc2)[C@H](O)CNCc2cc(Br)c[nH]2)cc(N2CCCCS2(=O)=O)c1. The Balaban J connectivity index is 1.54. The summed E-state index contributed by atoms with van der Waals surface area (Å²) in [6, 6.07) is 16.2. The molecule has 5 N–H and O–H groups in total.